The number of amides is 1. The minimum absolute atomic E-state index is 0.0915. The van der Waals surface area contributed by atoms with Gasteiger partial charge in [0.2, 0.25) is 0 Å². The van der Waals surface area contributed by atoms with Gasteiger partial charge >= 0.3 is 0 Å². The Morgan fingerprint density at radius 3 is 2.65 bits per heavy atom. The molecule has 0 saturated carbocycles. The topological polar surface area (TPSA) is 67.6 Å². The van der Waals surface area contributed by atoms with Crippen LogP contribution >= 0.6 is 22.6 Å². The number of nitrogens with one attached hydrogen (secondary N) is 1. The number of carbonyl (C=O) groups excluding carboxylic acids is 1. The van der Waals surface area contributed by atoms with Crippen molar-refractivity contribution in [2.45, 2.75) is 38.6 Å². The zero-order chi connectivity index (χ0) is 17.0. The lowest BCUT2D eigenvalue weighted by Gasteiger charge is -2.40. The summed E-state index contributed by atoms with van der Waals surface area (Å²) in [6.07, 6.45) is 3.10. The van der Waals surface area contributed by atoms with Crippen LogP contribution in [0.25, 0.3) is 0 Å². The molecule has 1 aromatic rings. The van der Waals surface area contributed by atoms with Crippen LogP contribution in [-0.4, -0.2) is 43.1 Å². The maximum Gasteiger partial charge on any atom is 0.255 e. The van der Waals surface area contributed by atoms with Gasteiger partial charge in [-0.25, -0.2) is 0 Å². The van der Waals surface area contributed by atoms with Crippen molar-refractivity contribution in [1.82, 2.24) is 10.2 Å². The smallest absolute Gasteiger partial charge is 0.255 e. The predicted molar refractivity (Wildman–Crippen MR) is 102 cm³/mol. The summed E-state index contributed by atoms with van der Waals surface area (Å²) in [7, 11) is 1.56. The van der Waals surface area contributed by atoms with E-state index in [0.29, 0.717) is 17.0 Å². The van der Waals surface area contributed by atoms with Gasteiger partial charge in [-0.05, 0) is 61.4 Å². The summed E-state index contributed by atoms with van der Waals surface area (Å²) in [6, 6.07) is 3.50. The van der Waals surface area contributed by atoms with Crippen LogP contribution in [0.15, 0.2) is 12.1 Å². The van der Waals surface area contributed by atoms with E-state index in [9.17, 15) is 4.79 Å². The molecular formula is C17H26IN3O2. The molecule has 0 bridgehead atoms. The lowest BCUT2D eigenvalue weighted by atomic mass is 9.89. The van der Waals surface area contributed by atoms with E-state index in [1.54, 1.807) is 19.2 Å². The lowest BCUT2D eigenvalue weighted by Crippen LogP contribution is -2.53. The number of methoxy groups -OCH3 is 1. The monoisotopic (exact) mass is 431 g/mol. The largest absolute Gasteiger partial charge is 0.496 e. The van der Waals surface area contributed by atoms with E-state index < -0.39 is 0 Å². The fourth-order valence-corrected chi connectivity index (χ4v) is 3.44. The summed E-state index contributed by atoms with van der Waals surface area (Å²) in [4.78, 5) is 15.2. The van der Waals surface area contributed by atoms with E-state index in [1.165, 1.54) is 6.42 Å². The fraction of sp³-hybridized carbons (Fsp3) is 0.588. The van der Waals surface area contributed by atoms with E-state index in [2.05, 4.69) is 46.7 Å². The number of ether oxygens (including phenoxy) is 1. The van der Waals surface area contributed by atoms with E-state index in [-0.39, 0.29) is 11.4 Å². The SMILES string of the molecule is CCCN1CCC(C)(NC(=O)c2cc(I)c(N)cc2OC)CC1. The van der Waals surface area contributed by atoms with Gasteiger partial charge in [-0.3, -0.25) is 4.79 Å². The third-order valence-corrected chi connectivity index (χ3v) is 5.41. The van der Waals surface area contributed by atoms with Crippen molar-refractivity contribution in [3.05, 3.63) is 21.3 Å². The molecule has 1 amide bonds. The Morgan fingerprint density at radius 1 is 1.43 bits per heavy atom. The molecule has 1 fully saturated rings. The van der Waals surface area contributed by atoms with Crippen LogP contribution in [0.4, 0.5) is 5.69 Å². The number of hydrogen-bond acceptors (Lipinski definition) is 4. The van der Waals surface area contributed by atoms with Crippen molar-refractivity contribution >= 4 is 34.2 Å². The number of nitrogen functional groups attached to an aromatic ring is 1. The zero-order valence-corrected chi connectivity index (χ0v) is 16.3. The van der Waals surface area contributed by atoms with Gasteiger partial charge in [-0.1, -0.05) is 6.92 Å². The third-order valence-electron chi connectivity index (χ3n) is 4.48. The van der Waals surface area contributed by atoms with Crippen LogP contribution in [0.2, 0.25) is 0 Å². The molecule has 1 aromatic carbocycles. The Balaban J connectivity index is 2.09. The Kier molecular flexibility index (Phi) is 6.13. The number of rotatable bonds is 5. The summed E-state index contributed by atoms with van der Waals surface area (Å²) >= 11 is 2.14. The van der Waals surface area contributed by atoms with Gasteiger partial charge in [0.1, 0.15) is 5.75 Å². The average molecular weight is 431 g/mol. The molecule has 6 heteroatoms. The van der Waals surface area contributed by atoms with Crippen LogP contribution in [0.5, 0.6) is 5.75 Å². The van der Waals surface area contributed by atoms with Crippen molar-refractivity contribution in [2.24, 2.45) is 0 Å². The first kappa shape index (κ1) is 18.3. The Bertz CT molecular complexity index is 569. The molecule has 0 atom stereocenters. The number of anilines is 1. The molecule has 23 heavy (non-hydrogen) atoms. The normalized spacial score (nSPS) is 17.7. The lowest BCUT2D eigenvalue weighted by molar-refractivity contribution is 0.0831. The second kappa shape index (κ2) is 7.70. The Morgan fingerprint density at radius 2 is 2.09 bits per heavy atom. The molecule has 0 aliphatic carbocycles. The molecule has 128 valence electrons. The molecule has 1 aliphatic heterocycles. The predicted octanol–water partition coefficient (Wildman–Crippen LogP) is 2.88. The van der Waals surface area contributed by atoms with Gasteiger partial charge in [-0.15, -0.1) is 0 Å². The van der Waals surface area contributed by atoms with Crippen LogP contribution in [-0.2, 0) is 0 Å². The van der Waals surface area contributed by atoms with Crippen molar-refractivity contribution in [1.29, 1.82) is 0 Å². The number of piperidine rings is 1. The van der Waals surface area contributed by atoms with Gasteiger partial charge in [0.05, 0.1) is 12.7 Å². The van der Waals surface area contributed by atoms with Gasteiger partial charge < -0.3 is 20.7 Å². The summed E-state index contributed by atoms with van der Waals surface area (Å²) in [5.41, 5.74) is 6.89. The minimum Gasteiger partial charge on any atom is -0.496 e. The van der Waals surface area contributed by atoms with Crippen molar-refractivity contribution in [3.8, 4) is 5.75 Å². The molecule has 0 spiro atoms. The maximum atomic E-state index is 12.7. The van der Waals surface area contributed by atoms with Gasteiger partial charge in [0.25, 0.3) is 5.91 Å². The third kappa shape index (κ3) is 4.50. The molecule has 1 heterocycles. The van der Waals surface area contributed by atoms with Crippen molar-refractivity contribution in [2.75, 3.05) is 32.5 Å². The molecule has 2 rings (SSSR count). The molecular weight excluding hydrogens is 405 g/mol. The standard InChI is InChI=1S/C17H26IN3O2/c1-4-7-21-8-5-17(2,6-9-21)20-16(22)12-10-13(18)14(19)11-15(12)23-3/h10-11H,4-9,19H2,1-3H3,(H,20,22). The molecule has 5 nitrogen and oxygen atoms in total. The maximum absolute atomic E-state index is 12.7. The first-order valence-electron chi connectivity index (χ1n) is 8.06. The fourth-order valence-electron chi connectivity index (χ4n) is 2.97. The number of carbonyl (C=O) groups is 1. The number of benzene rings is 1. The molecule has 0 unspecified atom stereocenters. The van der Waals surface area contributed by atoms with Crippen LogP contribution in [0.3, 0.4) is 0 Å². The van der Waals surface area contributed by atoms with E-state index in [0.717, 1.165) is 36.0 Å². The zero-order valence-electron chi connectivity index (χ0n) is 14.1. The highest BCUT2D eigenvalue weighted by Gasteiger charge is 2.32. The first-order chi connectivity index (χ1) is 10.9. The van der Waals surface area contributed by atoms with Gasteiger partial charge in [0, 0.05) is 34.0 Å². The van der Waals surface area contributed by atoms with Crippen LogP contribution < -0.4 is 15.8 Å². The minimum atomic E-state index is -0.168. The molecule has 1 aliphatic rings. The van der Waals surface area contributed by atoms with Gasteiger partial charge in [0.15, 0.2) is 0 Å². The Labute approximate surface area is 152 Å². The average Bonchev–Trinajstić information content (AvgIpc) is 2.52. The molecule has 3 N–H and O–H groups in total. The summed E-state index contributed by atoms with van der Waals surface area (Å²) < 4.78 is 6.18. The first-order valence-corrected chi connectivity index (χ1v) is 9.14. The number of nitrogens with two attached hydrogens (primary N) is 1. The number of likely N-dealkylation sites (tertiary alicyclic amines) is 1. The quantitative estimate of drug-likeness (QED) is 0.556. The number of nitrogens with zero attached hydrogens (tertiary/aromatic N) is 1. The highest BCUT2D eigenvalue weighted by atomic mass is 127. The van der Waals surface area contributed by atoms with Crippen molar-refractivity contribution < 1.29 is 9.53 Å². The van der Waals surface area contributed by atoms with Crippen molar-refractivity contribution in [3.63, 3.8) is 0 Å². The highest BCUT2D eigenvalue weighted by molar-refractivity contribution is 14.1. The van der Waals surface area contributed by atoms with E-state index in [1.807, 2.05) is 0 Å². The summed E-state index contributed by atoms with van der Waals surface area (Å²) in [6.45, 7) is 7.52. The second-order valence-corrected chi connectivity index (χ2v) is 7.59. The molecule has 0 radical (unpaired) electrons. The van der Waals surface area contributed by atoms with Gasteiger partial charge in [-0.2, -0.15) is 0 Å². The van der Waals surface area contributed by atoms with Crippen LogP contribution in [0, 0.1) is 3.57 Å². The van der Waals surface area contributed by atoms with E-state index in [4.69, 9.17) is 10.5 Å². The summed E-state index contributed by atoms with van der Waals surface area (Å²) in [5, 5.41) is 3.21. The second-order valence-electron chi connectivity index (χ2n) is 6.43. The molecule has 1 saturated heterocycles. The van der Waals surface area contributed by atoms with Crippen LogP contribution in [0.1, 0.15) is 43.5 Å². The van der Waals surface area contributed by atoms with E-state index >= 15 is 0 Å². The number of hydrogen-bond donors (Lipinski definition) is 2. The summed E-state index contributed by atoms with van der Waals surface area (Å²) in [5.74, 6) is 0.429. The Hall–Kier alpha value is -1.02. The highest BCUT2D eigenvalue weighted by Crippen LogP contribution is 2.28. The number of halogens is 1. The molecule has 0 aromatic heterocycles.